The Kier molecular flexibility index (Phi) is 14.9. The summed E-state index contributed by atoms with van der Waals surface area (Å²) in [6.07, 6.45) is 5.47. The molecule has 1 saturated heterocycles. The van der Waals surface area contributed by atoms with Crippen LogP contribution in [0.2, 0.25) is 0 Å². The molecule has 12 nitrogen and oxygen atoms in total. The van der Waals surface area contributed by atoms with E-state index in [4.69, 9.17) is 5.41 Å². The highest BCUT2D eigenvalue weighted by atomic mass is 16.2. The summed E-state index contributed by atoms with van der Waals surface area (Å²) < 4.78 is 0. The number of allylic oxidation sites excluding steroid dienone is 1. The Morgan fingerprint density at radius 2 is 1.58 bits per heavy atom. The number of piperidine rings is 1. The van der Waals surface area contributed by atoms with Crippen molar-refractivity contribution in [3.05, 3.63) is 101 Å². The Balaban J connectivity index is 1.55. The standard InChI is InChI=1S/C43H58N8O4/c1-8-30-17-18-34(24-33(30)25-38(52)49-37-16-12-13-21-47-37)48-39(53)29-51(28-32-15-11-10-14-31(32)27-45-6)41(55)43(9-2)19-22-50(23-20-43)40(54)35(46-7)26-36(44)42(3,4)5/h10-18,21,24,26,44-46H,8-9,19-20,22-23,25,27-29H2,1-7H3,(H,48,53)(H,47,49,52)/b35-26-,44-36?. The summed E-state index contributed by atoms with van der Waals surface area (Å²) in [5.74, 6) is -0.419. The van der Waals surface area contributed by atoms with Crippen LogP contribution in [0.4, 0.5) is 11.5 Å². The summed E-state index contributed by atoms with van der Waals surface area (Å²) >= 11 is 0. The predicted octanol–water partition coefficient (Wildman–Crippen LogP) is 5.70. The summed E-state index contributed by atoms with van der Waals surface area (Å²) in [7, 11) is 3.55. The van der Waals surface area contributed by atoms with E-state index < -0.39 is 10.8 Å². The lowest BCUT2D eigenvalue weighted by Gasteiger charge is -2.43. The third kappa shape index (κ3) is 11.3. The summed E-state index contributed by atoms with van der Waals surface area (Å²) in [6, 6.07) is 18.8. The molecule has 0 aliphatic carbocycles. The van der Waals surface area contributed by atoms with Gasteiger partial charge < -0.3 is 36.5 Å². The van der Waals surface area contributed by atoms with Crippen LogP contribution in [0.3, 0.4) is 0 Å². The highest BCUT2D eigenvalue weighted by Crippen LogP contribution is 2.38. The van der Waals surface area contributed by atoms with Crippen LogP contribution in [0.1, 0.15) is 76.1 Å². The molecular weight excluding hydrogens is 693 g/mol. The van der Waals surface area contributed by atoms with Gasteiger partial charge in [0.1, 0.15) is 18.1 Å². The number of pyridine rings is 1. The number of hydrogen-bond acceptors (Lipinski definition) is 8. The number of anilines is 2. The second kappa shape index (κ2) is 19.3. The van der Waals surface area contributed by atoms with Gasteiger partial charge in [-0.2, -0.15) is 0 Å². The van der Waals surface area contributed by atoms with Gasteiger partial charge in [-0.25, -0.2) is 4.98 Å². The van der Waals surface area contributed by atoms with E-state index in [2.05, 4.69) is 26.3 Å². The number of benzene rings is 2. The Bertz CT molecular complexity index is 1860. The topological polar surface area (TPSA) is 160 Å². The van der Waals surface area contributed by atoms with Gasteiger partial charge in [-0.15, -0.1) is 0 Å². The fourth-order valence-corrected chi connectivity index (χ4v) is 6.83. The number of aryl methyl sites for hydroxylation is 1. The van der Waals surface area contributed by atoms with Gasteiger partial charge in [-0.1, -0.05) is 71.0 Å². The lowest BCUT2D eigenvalue weighted by molar-refractivity contribution is -0.150. The van der Waals surface area contributed by atoms with Gasteiger partial charge >= 0.3 is 0 Å². The molecule has 4 amide bonds. The molecule has 294 valence electrons. The van der Waals surface area contributed by atoms with E-state index in [0.717, 1.165) is 22.3 Å². The number of carbonyl (C=O) groups excluding carboxylic acids is 4. The molecule has 5 N–H and O–H groups in total. The molecule has 3 aromatic rings. The largest absolute Gasteiger partial charge is 0.384 e. The molecule has 1 aliphatic rings. The van der Waals surface area contributed by atoms with Crippen molar-refractivity contribution in [1.82, 2.24) is 25.4 Å². The van der Waals surface area contributed by atoms with Gasteiger partial charge in [0.15, 0.2) is 0 Å². The van der Waals surface area contributed by atoms with Crippen molar-refractivity contribution in [3.63, 3.8) is 0 Å². The van der Waals surface area contributed by atoms with Crippen molar-refractivity contribution in [3.8, 4) is 0 Å². The number of nitrogens with one attached hydrogen (secondary N) is 5. The van der Waals surface area contributed by atoms with Crippen LogP contribution in [-0.2, 0) is 45.1 Å². The molecule has 0 atom stereocenters. The minimum atomic E-state index is -0.770. The third-order valence-electron chi connectivity index (χ3n) is 10.4. The van der Waals surface area contributed by atoms with Crippen molar-refractivity contribution < 1.29 is 19.2 Å². The van der Waals surface area contributed by atoms with Gasteiger partial charge in [0.25, 0.3) is 5.91 Å². The molecule has 1 aliphatic heterocycles. The smallest absolute Gasteiger partial charge is 0.269 e. The van der Waals surface area contributed by atoms with E-state index in [-0.39, 0.29) is 43.1 Å². The van der Waals surface area contributed by atoms with E-state index in [1.54, 1.807) is 47.3 Å². The summed E-state index contributed by atoms with van der Waals surface area (Å²) in [5.41, 5.74) is 3.81. The number of hydrogen-bond donors (Lipinski definition) is 5. The average molecular weight is 751 g/mol. The quantitative estimate of drug-likeness (QED) is 0.0928. The molecule has 2 heterocycles. The van der Waals surface area contributed by atoms with Crippen molar-refractivity contribution in [2.24, 2.45) is 10.8 Å². The molecular formula is C43H58N8O4. The molecule has 0 radical (unpaired) electrons. The van der Waals surface area contributed by atoms with Crippen LogP contribution in [0.15, 0.2) is 78.6 Å². The zero-order chi connectivity index (χ0) is 40.2. The summed E-state index contributed by atoms with van der Waals surface area (Å²) in [6.45, 7) is 11.2. The van der Waals surface area contributed by atoms with E-state index in [9.17, 15) is 19.2 Å². The molecule has 0 unspecified atom stereocenters. The first-order valence-electron chi connectivity index (χ1n) is 19.1. The SMILES string of the molecule is CCc1ccc(NC(=O)CN(Cc2ccccc2CNC)C(=O)C2(CC)CCN(C(=O)/C(=C/C(=N)C(C)(C)C)NC)CC2)cc1CC(=O)Nc1ccccn1. The molecule has 1 aromatic heterocycles. The summed E-state index contributed by atoms with van der Waals surface area (Å²) in [4.78, 5) is 62.7. The van der Waals surface area contributed by atoms with Crippen molar-refractivity contribution >= 4 is 40.8 Å². The van der Waals surface area contributed by atoms with Crippen molar-refractivity contribution in [1.29, 1.82) is 5.41 Å². The Labute approximate surface area is 326 Å². The molecule has 4 rings (SSSR count). The predicted molar refractivity (Wildman–Crippen MR) is 219 cm³/mol. The highest BCUT2D eigenvalue weighted by molar-refractivity contribution is 6.04. The number of rotatable bonds is 16. The number of likely N-dealkylation sites (N-methyl/N-ethyl adjacent to an activating group) is 1. The fourth-order valence-electron chi connectivity index (χ4n) is 6.83. The normalized spacial score (nSPS) is 14.2. The van der Waals surface area contributed by atoms with Crippen LogP contribution in [0, 0.1) is 16.2 Å². The zero-order valence-corrected chi connectivity index (χ0v) is 33.5. The third-order valence-corrected chi connectivity index (χ3v) is 10.4. The zero-order valence-electron chi connectivity index (χ0n) is 33.5. The molecule has 0 saturated carbocycles. The Hall–Kier alpha value is -5.36. The van der Waals surface area contributed by atoms with E-state index in [1.165, 1.54) is 0 Å². The maximum atomic E-state index is 14.8. The lowest BCUT2D eigenvalue weighted by atomic mass is 9.74. The van der Waals surface area contributed by atoms with Gasteiger partial charge in [-0.05, 0) is 85.3 Å². The number of aromatic nitrogens is 1. The van der Waals surface area contributed by atoms with Crippen LogP contribution in [0.5, 0.6) is 0 Å². The van der Waals surface area contributed by atoms with Crippen LogP contribution in [0.25, 0.3) is 0 Å². The second-order valence-electron chi connectivity index (χ2n) is 15.2. The maximum absolute atomic E-state index is 14.8. The minimum Gasteiger partial charge on any atom is -0.384 e. The molecule has 0 spiro atoms. The summed E-state index contributed by atoms with van der Waals surface area (Å²) in [5, 5.41) is 20.4. The van der Waals surface area contributed by atoms with Gasteiger partial charge in [-0.3, -0.25) is 19.2 Å². The fraction of sp³-hybridized carbons (Fsp3) is 0.442. The lowest BCUT2D eigenvalue weighted by Crippen LogP contribution is -2.53. The van der Waals surface area contributed by atoms with E-state index in [1.807, 2.05) is 84.1 Å². The molecule has 12 heteroatoms. The van der Waals surface area contributed by atoms with Crippen molar-refractivity contribution in [2.75, 3.05) is 44.4 Å². The first kappa shape index (κ1) is 42.4. The Morgan fingerprint density at radius 3 is 2.18 bits per heavy atom. The number of carbonyl (C=O) groups is 4. The van der Waals surface area contributed by atoms with Crippen LogP contribution < -0.4 is 21.3 Å². The van der Waals surface area contributed by atoms with Gasteiger partial charge in [0.05, 0.1) is 11.8 Å². The first-order valence-corrected chi connectivity index (χ1v) is 19.1. The van der Waals surface area contributed by atoms with Crippen molar-refractivity contribution in [2.45, 2.75) is 79.8 Å². The van der Waals surface area contributed by atoms with Crippen LogP contribution >= 0.6 is 0 Å². The molecule has 0 bridgehead atoms. The number of nitrogens with zero attached hydrogens (tertiary/aromatic N) is 3. The van der Waals surface area contributed by atoms with E-state index in [0.29, 0.717) is 68.2 Å². The average Bonchev–Trinajstić information content (AvgIpc) is 3.17. The number of likely N-dealkylation sites (tertiary alicyclic amines) is 1. The maximum Gasteiger partial charge on any atom is 0.269 e. The molecule has 55 heavy (non-hydrogen) atoms. The molecule has 2 aromatic carbocycles. The van der Waals surface area contributed by atoms with Crippen LogP contribution in [-0.4, -0.2) is 77.9 Å². The van der Waals surface area contributed by atoms with Gasteiger partial charge in [0.2, 0.25) is 17.7 Å². The minimum absolute atomic E-state index is 0.111. The Morgan fingerprint density at radius 1 is 0.891 bits per heavy atom. The molecule has 1 fully saturated rings. The van der Waals surface area contributed by atoms with Gasteiger partial charge in [0, 0.05) is 56.2 Å². The first-order chi connectivity index (χ1) is 26.2. The second-order valence-corrected chi connectivity index (χ2v) is 15.2. The highest BCUT2D eigenvalue weighted by Gasteiger charge is 2.44. The van der Waals surface area contributed by atoms with E-state index >= 15 is 0 Å². The monoisotopic (exact) mass is 750 g/mol. The number of amides is 4.